The summed E-state index contributed by atoms with van der Waals surface area (Å²) in [7, 11) is 0. The van der Waals surface area contributed by atoms with E-state index in [2.05, 4.69) is 4.90 Å². The summed E-state index contributed by atoms with van der Waals surface area (Å²) in [6.45, 7) is 4.58. The van der Waals surface area contributed by atoms with Gasteiger partial charge in [0.05, 0.1) is 0 Å². The van der Waals surface area contributed by atoms with Crippen LogP contribution in [0.1, 0.15) is 51.1 Å². The van der Waals surface area contributed by atoms with Gasteiger partial charge in [0.25, 0.3) is 11.8 Å². The minimum absolute atomic E-state index is 0.106. The number of hydrogen-bond donors (Lipinski definition) is 0. The number of hydrogen-bond acceptors (Lipinski definition) is 3. The molecular formula is C25H28FN3O2. The zero-order valence-corrected chi connectivity index (χ0v) is 17.7. The van der Waals surface area contributed by atoms with Gasteiger partial charge in [-0.3, -0.25) is 14.5 Å². The third kappa shape index (κ3) is 4.09. The van der Waals surface area contributed by atoms with E-state index in [9.17, 15) is 14.0 Å². The molecule has 2 amide bonds. The van der Waals surface area contributed by atoms with Crippen LogP contribution in [0.5, 0.6) is 0 Å². The minimum atomic E-state index is -0.403. The molecule has 1 aliphatic carbocycles. The standard InChI is InChI=1S/C25H28FN3O2/c26-22-4-1-3-19(16-22)25(31)29-10-9-18-15-20(7-8-21(18)17-29)24(30)28-13-11-27(12-14-28)23-5-2-6-23/h1,3-4,7-8,15-16,23H,2,5-6,9-14,17H2. The lowest BCUT2D eigenvalue weighted by Crippen LogP contribution is -2.53. The Hall–Kier alpha value is -2.73. The van der Waals surface area contributed by atoms with Gasteiger partial charge in [-0.2, -0.15) is 0 Å². The fourth-order valence-electron chi connectivity index (χ4n) is 4.89. The Morgan fingerprint density at radius 1 is 0.806 bits per heavy atom. The fraction of sp³-hybridized carbons (Fsp3) is 0.440. The Bertz CT molecular complexity index is 996. The number of halogens is 1. The van der Waals surface area contributed by atoms with Crippen molar-refractivity contribution in [2.75, 3.05) is 32.7 Å². The van der Waals surface area contributed by atoms with E-state index in [-0.39, 0.29) is 11.8 Å². The highest BCUT2D eigenvalue weighted by Crippen LogP contribution is 2.26. The molecule has 5 nitrogen and oxygen atoms in total. The van der Waals surface area contributed by atoms with Crippen molar-refractivity contribution in [2.24, 2.45) is 0 Å². The van der Waals surface area contributed by atoms with Crippen LogP contribution in [0.15, 0.2) is 42.5 Å². The Labute approximate surface area is 182 Å². The summed E-state index contributed by atoms with van der Waals surface area (Å²) in [4.78, 5) is 32.0. The van der Waals surface area contributed by atoms with Crippen LogP contribution in [-0.2, 0) is 13.0 Å². The summed E-state index contributed by atoms with van der Waals surface area (Å²) in [5.41, 5.74) is 3.29. The number of rotatable bonds is 3. The maximum atomic E-state index is 13.5. The first-order valence-corrected chi connectivity index (χ1v) is 11.3. The monoisotopic (exact) mass is 421 g/mol. The molecule has 0 N–H and O–H groups in total. The molecule has 31 heavy (non-hydrogen) atoms. The van der Waals surface area contributed by atoms with Crippen molar-refractivity contribution < 1.29 is 14.0 Å². The number of benzene rings is 2. The van der Waals surface area contributed by atoms with Crippen LogP contribution in [-0.4, -0.2) is 65.3 Å². The van der Waals surface area contributed by atoms with Crippen molar-refractivity contribution in [2.45, 2.75) is 38.3 Å². The highest BCUT2D eigenvalue weighted by Gasteiger charge is 2.30. The van der Waals surface area contributed by atoms with E-state index in [0.29, 0.717) is 25.1 Å². The summed E-state index contributed by atoms with van der Waals surface area (Å²) in [6.07, 6.45) is 4.65. The van der Waals surface area contributed by atoms with Gasteiger partial charge in [0, 0.05) is 56.4 Å². The van der Waals surface area contributed by atoms with E-state index < -0.39 is 5.82 Å². The first kappa shape index (κ1) is 20.2. The van der Waals surface area contributed by atoms with Gasteiger partial charge in [0.1, 0.15) is 5.82 Å². The lowest BCUT2D eigenvalue weighted by Gasteiger charge is -2.43. The second-order valence-electron chi connectivity index (χ2n) is 8.88. The molecule has 0 atom stereocenters. The van der Waals surface area contributed by atoms with Crippen LogP contribution >= 0.6 is 0 Å². The molecular weight excluding hydrogens is 393 g/mol. The van der Waals surface area contributed by atoms with E-state index in [0.717, 1.165) is 48.9 Å². The van der Waals surface area contributed by atoms with E-state index in [1.54, 1.807) is 17.0 Å². The van der Waals surface area contributed by atoms with Crippen molar-refractivity contribution in [3.8, 4) is 0 Å². The van der Waals surface area contributed by atoms with Crippen LogP contribution < -0.4 is 0 Å². The summed E-state index contributed by atoms with van der Waals surface area (Å²) in [6, 6.07) is 12.4. The first-order valence-electron chi connectivity index (χ1n) is 11.3. The zero-order chi connectivity index (χ0) is 21.4. The molecule has 6 heteroatoms. The maximum absolute atomic E-state index is 13.5. The molecule has 2 aromatic rings. The average molecular weight is 422 g/mol. The average Bonchev–Trinajstić information content (AvgIpc) is 2.77. The Kier molecular flexibility index (Phi) is 5.48. The van der Waals surface area contributed by atoms with Crippen LogP contribution in [0, 0.1) is 5.82 Å². The zero-order valence-electron chi connectivity index (χ0n) is 17.7. The van der Waals surface area contributed by atoms with Gasteiger partial charge in [-0.05, 0) is 60.7 Å². The molecule has 5 rings (SSSR count). The molecule has 3 aliphatic rings. The van der Waals surface area contributed by atoms with Crippen molar-refractivity contribution >= 4 is 11.8 Å². The quantitative estimate of drug-likeness (QED) is 0.764. The molecule has 0 bridgehead atoms. The van der Waals surface area contributed by atoms with Gasteiger partial charge in [0.2, 0.25) is 0 Å². The van der Waals surface area contributed by atoms with Crippen LogP contribution in [0.2, 0.25) is 0 Å². The minimum Gasteiger partial charge on any atom is -0.336 e. The highest BCUT2D eigenvalue weighted by molar-refractivity contribution is 5.95. The van der Waals surface area contributed by atoms with Gasteiger partial charge in [0.15, 0.2) is 0 Å². The Balaban J connectivity index is 1.23. The lowest BCUT2D eigenvalue weighted by atomic mass is 9.91. The SMILES string of the molecule is O=C(c1ccc2c(c1)CCN(C(=O)c1cccc(F)c1)C2)N1CCN(C2CCC2)CC1. The summed E-state index contributed by atoms with van der Waals surface area (Å²) >= 11 is 0. The molecule has 1 saturated heterocycles. The molecule has 2 aliphatic heterocycles. The smallest absolute Gasteiger partial charge is 0.254 e. The highest BCUT2D eigenvalue weighted by atomic mass is 19.1. The van der Waals surface area contributed by atoms with Crippen LogP contribution in [0.3, 0.4) is 0 Å². The van der Waals surface area contributed by atoms with Crippen molar-refractivity contribution in [1.29, 1.82) is 0 Å². The number of fused-ring (bicyclic) bond motifs is 1. The molecule has 0 spiro atoms. The molecule has 0 unspecified atom stereocenters. The number of piperazine rings is 1. The molecule has 2 fully saturated rings. The lowest BCUT2D eigenvalue weighted by molar-refractivity contribution is 0.0455. The fourth-order valence-corrected chi connectivity index (χ4v) is 4.89. The molecule has 162 valence electrons. The molecule has 2 aromatic carbocycles. The number of amides is 2. The van der Waals surface area contributed by atoms with E-state index >= 15 is 0 Å². The Morgan fingerprint density at radius 2 is 1.55 bits per heavy atom. The van der Waals surface area contributed by atoms with Gasteiger partial charge in [-0.25, -0.2) is 4.39 Å². The largest absolute Gasteiger partial charge is 0.336 e. The number of nitrogens with zero attached hydrogens (tertiary/aromatic N) is 3. The molecule has 0 radical (unpaired) electrons. The van der Waals surface area contributed by atoms with Gasteiger partial charge in [-0.15, -0.1) is 0 Å². The second-order valence-corrected chi connectivity index (χ2v) is 8.88. The van der Waals surface area contributed by atoms with E-state index in [1.165, 1.54) is 31.4 Å². The summed E-state index contributed by atoms with van der Waals surface area (Å²) in [5, 5.41) is 0. The van der Waals surface area contributed by atoms with E-state index in [1.807, 2.05) is 23.1 Å². The van der Waals surface area contributed by atoms with E-state index in [4.69, 9.17) is 0 Å². The van der Waals surface area contributed by atoms with Gasteiger partial charge >= 0.3 is 0 Å². The maximum Gasteiger partial charge on any atom is 0.254 e. The van der Waals surface area contributed by atoms with Gasteiger partial charge in [-0.1, -0.05) is 18.6 Å². The first-order chi connectivity index (χ1) is 15.1. The normalized spacial score (nSPS) is 19.6. The summed E-state index contributed by atoms with van der Waals surface area (Å²) < 4.78 is 13.5. The topological polar surface area (TPSA) is 43.9 Å². The van der Waals surface area contributed by atoms with Crippen molar-refractivity contribution in [3.63, 3.8) is 0 Å². The predicted molar refractivity (Wildman–Crippen MR) is 116 cm³/mol. The third-order valence-electron chi connectivity index (χ3n) is 7.02. The van der Waals surface area contributed by atoms with Crippen LogP contribution in [0.25, 0.3) is 0 Å². The van der Waals surface area contributed by atoms with Crippen LogP contribution in [0.4, 0.5) is 4.39 Å². The number of carbonyl (C=O) groups is 2. The van der Waals surface area contributed by atoms with Crippen molar-refractivity contribution in [3.05, 3.63) is 70.5 Å². The third-order valence-corrected chi connectivity index (χ3v) is 7.02. The van der Waals surface area contributed by atoms with Gasteiger partial charge < -0.3 is 9.80 Å². The molecule has 2 heterocycles. The molecule has 1 saturated carbocycles. The second kappa shape index (κ2) is 8.42. The number of carbonyl (C=O) groups excluding carboxylic acids is 2. The molecule has 0 aromatic heterocycles. The summed E-state index contributed by atoms with van der Waals surface area (Å²) in [5.74, 6) is -0.455. The Morgan fingerprint density at radius 3 is 2.26 bits per heavy atom. The van der Waals surface area contributed by atoms with Crippen molar-refractivity contribution in [1.82, 2.24) is 14.7 Å². The predicted octanol–water partition coefficient (Wildman–Crippen LogP) is 3.33.